The third-order valence-corrected chi connectivity index (χ3v) is 13.2. The molecule has 0 saturated heterocycles. The predicted molar refractivity (Wildman–Crippen MR) is 133 cm³/mol. The van der Waals surface area contributed by atoms with Crippen molar-refractivity contribution in [3.8, 4) is 0 Å². The molecule has 3 nitrogen and oxygen atoms in total. The summed E-state index contributed by atoms with van der Waals surface area (Å²) in [7, 11) is 0. The summed E-state index contributed by atoms with van der Waals surface area (Å²) < 4.78 is 0. The second kappa shape index (κ2) is 7.11. The maximum absolute atomic E-state index is 13.5. The van der Waals surface area contributed by atoms with Gasteiger partial charge in [0, 0.05) is 0 Å². The lowest BCUT2D eigenvalue weighted by Gasteiger charge is -2.70. The van der Waals surface area contributed by atoms with E-state index in [1.807, 2.05) is 0 Å². The highest BCUT2D eigenvalue weighted by molar-refractivity contribution is 5.81. The molecule has 33 heavy (non-hydrogen) atoms. The van der Waals surface area contributed by atoms with Crippen molar-refractivity contribution >= 4 is 5.97 Å². The number of hydrogen-bond donors (Lipinski definition) is 2. The minimum Gasteiger partial charge on any atom is -0.481 e. The maximum atomic E-state index is 13.5. The first-order valence-corrected chi connectivity index (χ1v) is 13.9. The molecule has 0 spiro atoms. The summed E-state index contributed by atoms with van der Waals surface area (Å²) in [4.78, 5) is 13.5. The van der Waals surface area contributed by atoms with Crippen molar-refractivity contribution in [1.82, 2.24) is 0 Å². The topological polar surface area (TPSA) is 57.5 Å². The Bertz CT molecular complexity index is 874. The quantitative estimate of drug-likeness (QED) is 0.414. The largest absolute Gasteiger partial charge is 0.481 e. The molecule has 0 unspecified atom stereocenters. The fraction of sp³-hybridized carbons (Fsp3) is 0.900. The Morgan fingerprint density at radius 2 is 1.61 bits per heavy atom. The lowest BCUT2D eigenvalue weighted by molar-refractivity contribution is -0.214. The van der Waals surface area contributed by atoms with Crippen LogP contribution in [-0.4, -0.2) is 22.3 Å². The molecule has 0 radical (unpaired) electrons. The number of aliphatic carboxylic acids is 1. The van der Waals surface area contributed by atoms with Crippen molar-refractivity contribution in [1.29, 1.82) is 0 Å². The Balaban J connectivity index is 1.66. The van der Waals surface area contributed by atoms with Crippen LogP contribution >= 0.6 is 0 Å². The van der Waals surface area contributed by atoms with E-state index in [0.29, 0.717) is 29.6 Å². The van der Waals surface area contributed by atoms with Gasteiger partial charge < -0.3 is 10.2 Å². The first-order valence-electron chi connectivity index (χ1n) is 13.9. The van der Waals surface area contributed by atoms with E-state index in [1.165, 1.54) is 18.4 Å². The highest BCUT2D eigenvalue weighted by atomic mass is 16.4. The van der Waals surface area contributed by atoms with Crippen molar-refractivity contribution < 1.29 is 15.0 Å². The van der Waals surface area contributed by atoms with Gasteiger partial charge in [-0.2, -0.15) is 0 Å². The summed E-state index contributed by atoms with van der Waals surface area (Å²) in [6.07, 6.45) is 11.5. The van der Waals surface area contributed by atoms with E-state index in [4.69, 9.17) is 0 Å². The fourth-order valence-electron chi connectivity index (χ4n) is 11.0. The molecule has 5 aliphatic rings. The van der Waals surface area contributed by atoms with Gasteiger partial charge in [0.25, 0.3) is 0 Å². The molecule has 0 amide bonds. The van der Waals surface area contributed by atoms with Crippen LogP contribution in [0.25, 0.3) is 0 Å². The lowest BCUT2D eigenvalue weighted by Crippen LogP contribution is -2.67. The summed E-state index contributed by atoms with van der Waals surface area (Å²) in [5, 5.41) is 22.0. The standard InChI is InChI=1S/C30H48O3/c1-18-10-13-27(5)16-17-30(25(32)33)20(24(27)19(18)2)8-9-22-28(6)14-12-23(31)26(3,4)21(28)11-15-29(22,30)7/h8,18-19,21-24,31H,9-17H2,1-7H3,(H,32,33)/t18-,19-,21-,22+,23+,24+,27+,28-,29+,30+/m0/s1. The van der Waals surface area contributed by atoms with Gasteiger partial charge in [0.2, 0.25) is 0 Å². The molecular formula is C30H48O3. The summed E-state index contributed by atoms with van der Waals surface area (Å²) in [5.41, 5.74) is 0.615. The number of aliphatic hydroxyl groups is 1. The molecule has 5 aliphatic carbocycles. The molecule has 5 rings (SSSR count). The number of hydrogen-bond acceptors (Lipinski definition) is 2. The highest BCUT2D eigenvalue weighted by Crippen LogP contribution is 2.75. The Kier molecular flexibility index (Phi) is 5.15. The van der Waals surface area contributed by atoms with Crippen LogP contribution in [0.4, 0.5) is 0 Å². The van der Waals surface area contributed by atoms with Gasteiger partial charge in [-0.25, -0.2) is 0 Å². The third-order valence-electron chi connectivity index (χ3n) is 13.2. The Labute approximate surface area is 201 Å². The molecule has 0 heterocycles. The Morgan fingerprint density at radius 3 is 2.27 bits per heavy atom. The third kappa shape index (κ3) is 2.75. The molecule has 2 N–H and O–H groups in total. The number of carbonyl (C=O) groups is 1. The van der Waals surface area contributed by atoms with Gasteiger partial charge in [0.1, 0.15) is 0 Å². The molecule has 0 aromatic rings. The molecule has 186 valence electrons. The van der Waals surface area contributed by atoms with E-state index in [1.54, 1.807) is 0 Å². The molecule has 0 aliphatic heterocycles. The van der Waals surface area contributed by atoms with Gasteiger partial charge in [-0.05, 0) is 109 Å². The van der Waals surface area contributed by atoms with Gasteiger partial charge in [-0.3, -0.25) is 4.79 Å². The molecule has 3 heteroatoms. The number of aliphatic hydroxyl groups excluding tert-OH is 1. The van der Waals surface area contributed by atoms with E-state index >= 15 is 0 Å². The Hall–Kier alpha value is -0.830. The number of carboxylic acids is 1. The second-order valence-electron chi connectivity index (χ2n) is 14.6. The lowest BCUT2D eigenvalue weighted by atomic mass is 9.33. The van der Waals surface area contributed by atoms with E-state index < -0.39 is 11.4 Å². The highest BCUT2D eigenvalue weighted by Gasteiger charge is 2.71. The maximum Gasteiger partial charge on any atom is 0.314 e. The zero-order valence-corrected chi connectivity index (χ0v) is 22.2. The fourth-order valence-corrected chi connectivity index (χ4v) is 11.0. The minimum atomic E-state index is -0.723. The minimum absolute atomic E-state index is 0.0897. The first kappa shape index (κ1) is 23.9. The molecule has 0 bridgehead atoms. The van der Waals surface area contributed by atoms with Crippen molar-refractivity contribution in [2.75, 3.05) is 0 Å². The molecule has 10 atom stereocenters. The summed E-state index contributed by atoms with van der Waals surface area (Å²) in [5.74, 6) is 1.88. The second-order valence-corrected chi connectivity index (χ2v) is 14.6. The van der Waals surface area contributed by atoms with Crippen LogP contribution in [0, 0.1) is 56.7 Å². The average Bonchev–Trinajstić information content (AvgIpc) is 2.73. The Morgan fingerprint density at radius 1 is 0.909 bits per heavy atom. The summed E-state index contributed by atoms with van der Waals surface area (Å²) in [6, 6.07) is 0. The summed E-state index contributed by atoms with van der Waals surface area (Å²) >= 11 is 0. The molecule has 0 aromatic carbocycles. The van der Waals surface area contributed by atoms with E-state index in [2.05, 4.69) is 54.5 Å². The number of allylic oxidation sites excluding steroid dienone is 1. The zero-order valence-electron chi connectivity index (χ0n) is 22.2. The van der Waals surface area contributed by atoms with E-state index in [-0.39, 0.29) is 27.8 Å². The normalized spacial score (nSPS) is 55.3. The monoisotopic (exact) mass is 456 g/mol. The van der Waals surface area contributed by atoms with Gasteiger partial charge in [-0.1, -0.05) is 60.1 Å². The molecular weight excluding hydrogens is 408 g/mol. The number of fused-ring (bicyclic) bond motifs is 7. The van der Waals surface area contributed by atoms with Crippen molar-refractivity contribution in [2.24, 2.45) is 56.7 Å². The molecule has 4 fully saturated rings. The van der Waals surface area contributed by atoms with Crippen LogP contribution in [0.15, 0.2) is 11.6 Å². The van der Waals surface area contributed by atoms with Gasteiger partial charge in [0.05, 0.1) is 11.5 Å². The van der Waals surface area contributed by atoms with E-state index in [9.17, 15) is 15.0 Å². The van der Waals surface area contributed by atoms with Gasteiger partial charge in [-0.15, -0.1) is 0 Å². The van der Waals surface area contributed by atoms with Crippen LogP contribution in [-0.2, 0) is 4.79 Å². The molecule has 0 aromatic heterocycles. The molecule has 4 saturated carbocycles. The SMILES string of the molecule is C[C@H]1[C@@H](C)CC[C@]2(C)CC[C@]3(C(=O)O)C(=CC[C@@H]4[C@@]5(C)CC[C@@H](O)C(C)(C)[C@@H]5CC[C@]43C)[C@@H]12. The number of carboxylic acid groups (broad SMARTS) is 1. The summed E-state index contributed by atoms with van der Waals surface area (Å²) in [6.45, 7) is 16.6. The van der Waals surface area contributed by atoms with Crippen LogP contribution in [0.5, 0.6) is 0 Å². The van der Waals surface area contributed by atoms with Crippen LogP contribution in [0.1, 0.15) is 106 Å². The van der Waals surface area contributed by atoms with Gasteiger partial charge >= 0.3 is 5.97 Å². The van der Waals surface area contributed by atoms with E-state index in [0.717, 1.165) is 44.9 Å². The predicted octanol–water partition coefficient (Wildman–Crippen LogP) is 7.09. The zero-order chi connectivity index (χ0) is 24.2. The smallest absolute Gasteiger partial charge is 0.314 e. The van der Waals surface area contributed by atoms with Crippen molar-refractivity contribution in [3.63, 3.8) is 0 Å². The van der Waals surface area contributed by atoms with Crippen LogP contribution in [0.2, 0.25) is 0 Å². The van der Waals surface area contributed by atoms with Crippen LogP contribution in [0.3, 0.4) is 0 Å². The number of rotatable bonds is 1. The van der Waals surface area contributed by atoms with Crippen molar-refractivity contribution in [2.45, 2.75) is 112 Å². The van der Waals surface area contributed by atoms with Crippen LogP contribution < -0.4 is 0 Å². The van der Waals surface area contributed by atoms with Gasteiger partial charge in [0.15, 0.2) is 0 Å². The van der Waals surface area contributed by atoms with Crippen molar-refractivity contribution in [3.05, 3.63) is 11.6 Å². The first-order chi connectivity index (χ1) is 15.3. The average molecular weight is 457 g/mol.